The van der Waals surface area contributed by atoms with Gasteiger partial charge in [0.1, 0.15) is 0 Å². The Kier molecular flexibility index (Phi) is 3.84. The molecule has 4 nitrogen and oxygen atoms in total. The van der Waals surface area contributed by atoms with Crippen LogP contribution in [-0.4, -0.2) is 9.91 Å². The van der Waals surface area contributed by atoms with Crippen LogP contribution in [0.1, 0.15) is 17.6 Å². The number of nitrogens with zero attached hydrogens (tertiary/aromatic N) is 2. The molecule has 0 bridgehead atoms. The van der Waals surface area contributed by atoms with Gasteiger partial charge >= 0.3 is 12.0 Å². The summed E-state index contributed by atoms with van der Waals surface area (Å²) in [5.74, 6) is -1.12. The van der Waals surface area contributed by atoms with Crippen LogP contribution in [0.25, 0.3) is 0 Å². The third-order valence-corrected chi connectivity index (χ3v) is 2.53. The van der Waals surface area contributed by atoms with Gasteiger partial charge in [-0.05, 0) is 9.91 Å². The summed E-state index contributed by atoms with van der Waals surface area (Å²) in [6.07, 6.45) is -8.51. The summed E-state index contributed by atoms with van der Waals surface area (Å²) in [6, 6.07) is 0.00363. The Balaban J connectivity index is 3.57. The monoisotopic (exact) mass is 368 g/mol. The quantitative estimate of drug-likeness (QED) is 0.264. The van der Waals surface area contributed by atoms with E-state index in [1.165, 1.54) is 0 Å². The summed E-state index contributed by atoms with van der Waals surface area (Å²) in [6.45, 7) is 0. The number of aromatic nitrogens is 1. The van der Waals surface area contributed by atoms with E-state index in [1.54, 1.807) is 0 Å². The van der Waals surface area contributed by atoms with Crippen molar-refractivity contribution in [2.45, 2.75) is 12.6 Å². The van der Waals surface area contributed by atoms with E-state index in [1.807, 2.05) is 0 Å². The van der Waals surface area contributed by atoms with Gasteiger partial charge in [0.15, 0.2) is 0 Å². The highest BCUT2D eigenvalue weighted by Gasteiger charge is 2.40. The number of alkyl halides is 5. The van der Waals surface area contributed by atoms with Crippen LogP contribution in [0, 0.1) is 13.8 Å². The van der Waals surface area contributed by atoms with Gasteiger partial charge in [0.25, 0.3) is 6.43 Å². The largest absolute Gasteiger partial charge is 0.417 e. The summed E-state index contributed by atoms with van der Waals surface area (Å²) in [7, 11) is 0. The van der Waals surface area contributed by atoms with Crippen LogP contribution < -0.4 is 0 Å². The van der Waals surface area contributed by atoms with E-state index >= 15 is 0 Å². The summed E-state index contributed by atoms with van der Waals surface area (Å²) in [5, 5.41) is 10.3. The van der Waals surface area contributed by atoms with Crippen molar-refractivity contribution in [3.63, 3.8) is 0 Å². The molecule has 0 saturated carbocycles. The Morgan fingerprint density at radius 3 is 2.29 bits per heavy atom. The van der Waals surface area contributed by atoms with E-state index in [-0.39, 0.29) is 6.07 Å². The Morgan fingerprint density at radius 1 is 1.41 bits per heavy atom. The maximum atomic E-state index is 12.4. The van der Waals surface area contributed by atoms with Gasteiger partial charge in [0.2, 0.25) is 3.70 Å². The number of pyridine rings is 1. The van der Waals surface area contributed by atoms with Gasteiger partial charge in [0.05, 0.1) is 11.1 Å². The lowest BCUT2D eigenvalue weighted by Gasteiger charge is -2.11. The van der Waals surface area contributed by atoms with Crippen LogP contribution >= 0.6 is 22.6 Å². The van der Waals surface area contributed by atoms with Crippen molar-refractivity contribution < 1.29 is 26.9 Å². The Bertz CT molecular complexity index is 462. The molecular weight excluding hydrogens is 366 g/mol. The second kappa shape index (κ2) is 4.66. The molecule has 1 aromatic heterocycles. The molecule has 0 saturated heterocycles. The fraction of sp³-hybridized carbons (Fsp3) is 0.286. The third-order valence-electron chi connectivity index (χ3n) is 1.71. The van der Waals surface area contributed by atoms with Gasteiger partial charge in [-0.2, -0.15) is 13.2 Å². The minimum atomic E-state index is -5.10. The lowest BCUT2D eigenvalue weighted by Crippen LogP contribution is -2.13. The second-order valence-corrected chi connectivity index (χ2v) is 3.81. The zero-order valence-electron chi connectivity index (χ0n) is 7.63. The molecule has 0 atom stereocenters. The Hall–Kier alpha value is -1.07. The molecule has 0 unspecified atom stereocenters. The first-order chi connectivity index (χ1) is 7.64. The maximum absolute atomic E-state index is 12.4. The van der Waals surface area contributed by atoms with Crippen LogP contribution in [0.2, 0.25) is 0 Å². The highest BCUT2D eigenvalue weighted by molar-refractivity contribution is 14.1. The SMILES string of the molecule is O=[N+]([O-])c1cc(C(F)(F)F)c(C(F)F)c(I)n1. The van der Waals surface area contributed by atoms with Crippen molar-refractivity contribution >= 4 is 28.4 Å². The average Bonchev–Trinajstić information content (AvgIpc) is 2.14. The number of halogens is 6. The van der Waals surface area contributed by atoms with Gasteiger partial charge in [-0.1, -0.05) is 0 Å². The van der Waals surface area contributed by atoms with Crippen LogP contribution in [0.15, 0.2) is 6.07 Å². The first kappa shape index (κ1) is 14.0. The van der Waals surface area contributed by atoms with E-state index in [2.05, 4.69) is 4.98 Å². The fourth-order valence-corrected chi connectivity index (χ4v) is 1.82. The smallest absolute Gasteiger partial charge is 0.358 e. The van der Waals surface area contributed by atoms with Gasteiger partial charge in [-0.3, -0.25) is 0 Å². The van der Waals surface area contributed by atoms with Gasteiger partial charge in [-0.15, -0.1) is 0 Å². The van der Waals surface area contributed by atoms with Gasteiger partial charge in [0, 0.05) is 28.7 Å². The fourth-order valence-electron chi connectivity index (χ4n) is 1.05. The van der Waals surface area contributed by atoms with Gasteiger partial charge < -0.3 is 10.1 Å². The molecule has 10 heteroatoms. The molecule has 1 aromatic rings. The zero-order valence-corrected chi connectivity index (χ0v) is 9.79. The third kappa shape index (κ3) is 2.98. The van der Waals surface area contributed by atoms with E-state index in [4.69, 9.17) is 0 Å². The summed E-state index contributed by atoms with van der Waals surface area (Å²) < 4.78 is 61.5. The van der Waals surface area contributed by atoms with Crippen molar-refractivity contribution in [3.05, 3.63) is 31.0 Å². The lowest BCUT2D eigenvalue weighted by atomic mass is 10.1. The number of rotatable bonds is 2. The van der Waals surface area contributed by atoms with E-state index in [0.29, 0.717) is 0 Å². The summed E-state index contributed by atoms with van der Waals surface area (Å²) in [4.78, 5) is 12.2. The number of hydrogen-bond donors (Lipinski definition) is 0. The topological polar surface area (TPSA) is 56.0 Å². The molecule has 0 amide bonds. The standard InChI is InChI=1S/C7H2F5IN2O2/c8-5(9)4-2(7(10,11)12)1-3(15(16)17)14-6(4)13/h1,5H. The predicted molar refractivity (Wildman–Crippen MR) is 53.6 cm³/mol. The normalized spacial score (nSPS) is 11.9. The Morgan fingerprint density at radius 2 is 1.94 bits per heavy atom. The molecular formula is C7H2F5IN2O2. The van der Waals surface area contributed by atoms with E-state index < -0.39 is 38.2 Å². The highest BCUT2D eigenvalue weighted by Crippen LogP contribution is 2.39. The molecule has 1 heterocycles. The molecule has 1 rings (SSSR count). The van der Waals surface area contributed by atoms with Crippen molar-refractivity contribution in [3.8, 4) is 0 Å². The Labute approximate surface area is 104 Å². The average molecular weight is 368 g/mol. The first-order valence-corrected chi connectivity index (χ1v) is 4.92. The first-order valence-electron chi connectivity index (χ1n) is 3.84. The zero-order chi connectivity index (χ0) is 13.4. The van der Waals surface area contributed by atoms with E-state index in [9.17, 15) is 32.1 Å². The van der Waals surface area contributed by atoms with Crippen molar-refractivity contribution in [2.24, 2.45) is 0 Å². The molecule has 0 aromatic carbocycles. The maximum Gasteiger partial charge on any atom is 0.417 e. The van der Waals surface area contributed by atoms with Crippen LogP contribution in [-0.2, 0) is 6.18 Å². The molecule has 0 radical (unpaired) electrons. The molecule has 0 fully saturated rings. The number of hydrogen-bond acceptors (Lipinski definition) is 3. The predicted octanol–water partition coefficient (Wildman–Crippen LogP) is 3.55. The molecule has 0 spiro atoms. The highest BCUT2D eigenvalue weighted by atomic mass is 127. The van der Waals surface area contributed by atoms with Crippen LogP contribution in [0.3, 0.4) is 0 Å². The summed E-state index contributed by atoms with van der Waals surface area (Å²) in [5.41, 5.74) is -3.08. The minimum Gasteiger partial charge on any atom is -0.358 e. The molecule has 0 aliphatic carbocycles. The summed E-state index contributed by atoms with van der Waals surface area (Å²) >= 11 is 1.10. The number of nitro groups is 1. The van der Waals surface area contributed by atoms with Crippen molar-refractivity contribution in [1.82, 2.24) is 4.98 Å². The van der Waals surface area contributed by atoms with Gasteiger partial charge in [-0.25, -0.2) is 8.78 Å². The minimum absolute atomic E-state index is 0.00363. The molecule has 17 heavy (non-hydrogen) atoms. The van der Waals surface area contributed by atoms with Crippen molar-refractivity contribution in [2.75, 3.05) is 0 Å². The second-order valence-electron chi connectivity index (χ2n) is 2.79. The molecule has 0 N–H and O–H groups in total. The molecule has 94 valence electrons. The van der Waals surface area contributed by atoms with Crippen LogP contribution in [0.5, 0.6) is 0 Å². The van der Waals surface area contributed by atoms with E-state index in [0.717, 1.165) is 22.6 Å². The molecule has 0 aliphatic rings. The van der Waals surface area contributed by atoms with Crippen molar-refractivity contribution in [1.29, 1.82) is 0 Å². The molecule has 0 aliphatic heterocycles. The lowest BCUT2D eigenvalue weighted by molar-refractivity contribution is -0.390. The van der Waals surface area contributed by atoms with Crippen LogP contribution in [0.4, 0.5) is 27.8 Å².